The number of aromatic nitrogens is 3. The van der Waals surface area contributed by atoms with Crippen molar-refractivity contribution < 1.29 is 8.42 Å². The van der Waals surface area contributed by atoms with Crippen LogP contribution >= 0.6 is 11.6 Å². The van der Waals surface area contributed by atoms with Crippen LogP contribution < -0.4 is 5.73 Å². The van der Waals surface area contributed by atoms with Crippen molar-refractivity contribution in [3.05, 3.63) is 29.3 Å². The van der Waals surface area contributed by atoms with Crippen molar-refractivity contribution in [2.24, 2.45) is 0 Å². The van der Waals surface area contributed by atoms with E-state index in [2.05, 4.69) is 10.3 Å². The Kier molecular flexibility index (Phi) is 4.29. The molecule has 0 aliphatic rings. The summed E-state index contributed by atoms with van der Waals surface area (Å²) in [4.78, 5) is 0.0936. The first-order chi connectivity index (χ1) is 9.46. The van der Waals surface area contributed by atoms with E-state index < -0.39 is 9.84 Å². The number of aryl methyl sites for hydroxylation is 1. The van der Waals surface area contributed by atoms with Crippen molar-refractivity contribution in [2.45, 2.75) is 36.2 Å². The van der Waals surface area contributed by atoms with E-state index in [0.717, 1.165) is 12.8 Å². The quantitative estimate of drug-likeness (QED) is 0.913. The van der Waals surface area contributed by atoms with Gasteiger partial charge in [0.1, 0.15) is 0 Å². The van der Waals surface area contributed by atoms with E-state index in [1.54, 1.807) is 0 Å². The lowest BCUT2D eigenvalue weighted by Crippen LogP contribution is -2.08. The first kappa shape index (κ1) is 14.8. The maximum Gasteiger partial charge on any atom is 0.229 e. The first-order valence-corrected chi connectivity index (χ1v) is 8.02. The molecule has 0 saturated carbocycles. The van der Waals surface area contributed by atoms with Crippen LogP contribution in [0.25, 0.3) is 0 Å². The number of hydrogen-bond acceptors (Lipinski definition) is 5. The average molecular weight is 315 g/mol. The van der Waals surface area contributed by atoms with Crippen molar-refractivity contribution in [3.8, 4) is 0 Å². The van der Waals surface area contributed by atoms with E-state index in [1.165, 1.54) is 28.9 Å². The third-order valence-corrected chi connectivity index (χ3v) is 4.79. The van der Waals surface area contributed by atoms with Gasteiger partial charge >= 0.3 is 0 Å². The highest BCUT2D eigenvalue weighted by Crippen LogP contribution is 2.24. The summed E-state index contributed by atoms with van der Waals surface area (Å²) in [5.74, 6) is 0.0633. The molecule has 0 spiro atoms. The molecular formula is C12H15ClN4O2S. The number of hydrogen-bond donors (Lipinski definition) is 1. The van der Waals surface area contributed by atoms with E-state index in [-0.39, 0.29) is 15.7 Å². The molecule has 0 aliphatic carbocycles. The molecule has 1 aromatic heterocycles. The van der Waals surface area contributed by atoms with E-state index in [4.69, 9.17) is 17.3 Å². The molecule has 2 N–H and O–H groups in total. The van der Waals surface area contributed by atoms with Crippen molar-refractivity contribution in [1.82, 2.24) is 15.0 Å². The van der Waals surface area contributed by atoms with Gasteiger partial charge < -0.3 is 5.73 Å². The SMILES string of the molecule is CCCCn1nnc(S(=O)(=O)c2ccc(Cl)cc2)c1N. The number of nitrogen functional groups attached to an aromatic ring is 1. The number of rotatable bonds is 5. The Balaban J connectivity index is 2.40. The molecule has 20 heavy (non-hydrogen) atoms. The summed E-state index contributed by atoms with van der Waals surface area (Å²) in [6.07, 6.45) is 1.81. The Morgan fingerprint density at radius 3 is 2.55 bits per heavy atom. The average Bonchev–Trinajstić information content (AvgIpc) is 2.79. The Labute approximate surface area is 122 Å². The van der Waals surface area contributed by atoms with Crippen LogP contribution in [-0.2, 0) is 16.4 Å². The molecule has 0 bridgehead atoms. The third kappa shape index (κ3) is 2.78. The molecule has 108 valence electrons. The molecule has 0 fully saturated rings. The highest BCUT2D eigenvalue weighted by molar-refractivity contribution is 7.91. The van der Waals surface area contributed by atoms with Gasteiger partial charge in [-0.2, -0.15) is 0 Å². The number of nitrogens with zero attached hydrogens (tertiary/aromatic N) is 3. The van der Waals surface area contributed by atoms with E-state index >= 15 is 0 Å². The van der Waals surface area contributed by atoms with Crippen LogP contribution in [0.15, 0.2) is 34.2 Å². The maximum atomic E-state index is 12.4. The Hall–Kier alpha value is -1.60. The summed E-state index contributed by atoms with van der Waals surface area (Å²) in [7, 11) is -3.77. The molecular weight excluding hydrogens is 300 g/mol. The van der Waals surface area contributed by atoms with Gasteiger partial charge in [0.15, 0.2) is 5.82 Å². The standard InChI is InChI=1S/C12H15ClN4O2S/c1-2-3-8-17-11(14)12(15-16-17)20(18,19)10-6-4-9(13)5-7-10/h4-7H,2-3,8,14H2,1H3. The number of halogens is 1. The maximum absolute atomic E-state index is 12.4. The van der Waals surface area contributed by atoms with Gasteiger partial charge in [-0.05, 0) is 30.7 Å². The highest BCUT2D eigenvalue weighted by Gasteiger charge is 2.26. The van der Waals surface area contributed by atoms with Crippen LogP contribution in [0.5, 0.6) is 0 Å². The summed E-state index contributed by atoms with van der Waals surface area (Å²) < 4.78 is 26.2. The number of benzene rings is 1. The first-order valence-electron chi connectivity index (χ1n) is 6.16. The Bertz CT molecular complexity index is 695. The summed E-state index contributed by atoms with van der Waals surface area (Å²) >= 11 is 5.75. The van der Waals surface area contributed by atoms with Gasteiger partial charge in [-0.3, -0.25) is 0 Å². The van der Waals surface area contributed by atoms with Crippen molar-refractivity contribution in [2.75, 3.05) is 5.73 Å². The Morgan fingerprint density at radius 2 is 1.95 bits per heavy atom. The van der Waals surface area contributed by atoms with Gasteiger partial charge in [-0.25, -0.2) is 13.1 Å². The predicted molar refractivity (Wildman–Crippen MR) is 76.2 cm³/mol. The molecule has 0 radical (unpaired) electrons. The topological polar surface area (TPSA) is 90.9 Å². The molecule has 0 aliphatic heterocycles. The van der Waals surface area contributed by atoms with E-state index in [1.807, 2.05) is 6.92 Å². The lowest BCUT2D eigenvalue weighted by molar-refractivity contribution is 0.558. The lowest BCUT2D eigenvalue weighted by Gasteiger charge is -2.04. The number of anilines is 1. The van der Waals surface area contributed by atoms with Crippen molar-refractivity contribution in [3.63, 3.8) is 0 Å². The normalized spacial score (nSPS) is 11.7. The van der Waals surface area contributed by atoms with Gasteiger partial charge in [0.05, 0.1) is 4.90 Å². The zero-order chi connectivity index (χ0) is 14.8. The van der Waals surface area contributed by atoms with Crippen LogP contribution in [0, 0.1) is 0 Å². The molecule has 1 heterocycles. The monoisotopic (exact) mass is 314 g/mol. The van der Waals surface area contributed by atoms with Gasteiger partial charge in [0.25, 0.3) is 0 Å². The molecule has 0 saturated heterocycles. The molecule has 1 aromatic carbocycles. The zero-order valence-corrected chi connectivity index (χ0v) is 12.5. The van der Waals surface area contributed by atoms with Crippen molar-refractivity contribution >= 4 is 27.3 Å². The molecule has 0 unspecified atom stereocenters. The van der Waals surface area contributed by atoms with Crippen LogP contribution in [0.4, 0.5) is 5.82 Å². The Morgan fingerprint density at radius 1 is 1.30 bits per heavy atom. The second-order valence-electron chi connectivity index (χ2n) is 4.31. The van der Waals surface area contributed by atoms with Gasteiger partial charge in [-0.15, -0.1) is 5.10 Å². The molecule has 6 nitrogen and oxygen atoms in total. The second kappa shape index (κ2) is 5.80. The van der Waals surface area contributed by atoms with Gasteiger partial charge in [0, 0.05) is 11.6 Å². The third-order valence-electron chi connectivity index (χ3n) is 2.84. The predicted octanol–water partition coefficient (Wildman–Crippen LogP) is 2.15. The summed E-state index contributed by atoms with van der Waals surface area (Å²) in [6, 6.07) is 5.85. The minimum atomic E-state index is -3.77. The number of unbranched alkanes of at least 4 members (excludes halogenated alkanes) is 1. The zero-order valence-electron chi connectivity index (χ0n) is 11.0. The van der Waals surface area contributed by atoms with Crippen LogP contribution in [0.3, 0.4) is 0 Å². The van der Waals surface area contributed by atoms with E-state index in [0.29, 0.717) is 11.6 Å². The smallest absolute Gasteiger partial charge is 0.229 e. The molecule has 8 heteroatoms. The number of sulfone groups is 1. The van der Waals surface area contributed by atoms with E-state index in [9.17, 15) is 8.42 Å². The largest absolute Gasteiger partial charge is 0.381 e. The fourth-order valence-electron chi connectivity index (χ4n) is 1.69. The lowest BCUT2D eigenvalue weighted by atomic mass is 10.3. The fourth-order valence-corrected chi connectivity index (χ4v) is 3.06. The minimum Gasteiger partial charge on any atom is -0.381 e. The van der Waals surface area contributed by atoms with Gasteiger partial charge in [0.2, 0.25) is 14.9 Å². The summed E-state index contributed by atoms with van der Waals surface area (Å²) in [5.41, 5.74) is 5.83. The second-order valence-corrected chi connectivity index (χ2v) is 6.62. The highest BCUT2D eigenvalue weighted by atomic mass is 35.5. The van der Waals surface area contributed by atoms with Crippen LogP contribution in [-0.4, -0.2) is 23.4 Å². The van der Waals surface area contributed by atoms with Crippen molar-refractivity contribution in [1.29, 1.82) is 0 Å². The minimum absolute atomic E-state index is 0.0633. The molecule has 2 aromatic rings. The van der Waals surface area contributed by atoms with Crippen LogP contribution in [0.1, 0.15) is 19.8 Å². The summed E-state index contributed by atoms with van der Waals surface area (Å²) in [5, 5.41) is 7.75. The molecule has 0 amide bonds. The molecule has 2 rings (SSSR count). The number of nitrogens with two attached hydrogens (primary N) is 1. The van der Waals surface area contributed by atoms with Gasteiger partial charge in [-0.1, -0.05) is 30.2 Å². The molecule has 0 atom stereocenters. The van der Waals surface area contributed by atoms with Crippen LogP contribution in [0.2, 0.25) is 5.02 Å². The summed E-state index contributed by atoms with van der Waals surface area (Å²) in [6.45, 7) is 2.57. The fraction of sp³-hybridized carbons (Fsp3) is 0.333.